The third-order valence-electron chi connectivity index (χ3n) is 3.92. The van der Waals surface area contributed by atoms with Gasteiger partial charge in [-0.3, -0.25) is 0 Å². The maximum absolute atomic E-state index is 5.19. The van der Waals surface area contributed by atoms with Crippen LogP contribution in [-0.2, 0) is 12.3 Å². The first kappa shape index (κ1) is 18.5. The second kappa shape index (κ2) is 8.85. The maximum atomic E-state index is 5.19. The van der Waals surface area contributed by atoms with E-state index in [0.29, 0.717) is 12.3 Å². The second-order valence-corrected chi connectivity index (χ2v) is 7.69. The van der Waals surface area contributed by atoms with Crippen molar-refractivity contribution in [1.82, 2.24) is 25.2 Å². The van der Waals surface area contributed by atoms with Crippen LogP contribution in [0.5, 0.6) is 5.75 Å². The topological polar surface area (TPSA) is 77.8 Å². The number of thiazole rings is 1. The second-order valence-electron chi connectivity index (χ2n) is 5.89. The van der Waals surface area contributed by atoms with E-state index < -0.39 is 0 Å². The molecule has 142 valence electrons. The van der Waals surface area contributed by atoms with Gasteiger partial charge >= 0.3 is 0 Å². The fourth-order valence-electron chi connectivity index (χ4n) is 2.52. The number of para-hydroxylation sites is 1. The summed E-state index contributed by atoms with van der Waals surface area (Å²) >= 11 is 3.16. The minimum Gasteiger partial charge on any atom is -0.497 e. The number of nitrogens with zero attached hydrogens (tertiary/aromatic N) is 5. The van der Waals surface area contributed by atoms with Gasteiger partial charge in [0.25, 0.3) is 0 Å². The quantitative estimate of drug-likeness (QED) is 0.436. The Kier molecular flexibility index (Phi) is 5.83. The molecule has 0 spiro atoms. The molecule has 0 radical (unpaired) electrons. The van der Waals surface area contributed by atoms with Gasteiger partial charge in [0.15, 0.2) is 5.13 Å². The number of rotatable bonds is 8. The van der Waals surface area contributed by atoms with E-state index in [1.807, 2.05) is 54.6 Å². The highest BCUT2D eigenvalue weighted by molar-refractivity contribution is 7.98. The van der Waals surface area contributed by atoms with Crippen molar-refractivity contribution in [2.75, 3.05) is 12.4 Å². The lowest BCUT2D eigenvalue weighted by Gasteiger charge is -2.05. The molecule has 9 heteroatoms. The van der Waals surface area contributed by atoms with Crippen LogP contribution in [-0.4, -0.2) is 32.3 Å². The minimum absolute atomic E-state index is 0.608. The molecular formula is C19H18N6OS2. The first-order valence-corrected chi connectivity index (χ1v) is 10.4. The molecule has 0 bridgehead atoms. The van der Waals surface area contributed by atoms with Crippen LogP contribution in [0.15, 0.2) is 65.1 Å². The summed E-state index contributed by atoms with van der Waals surface area (Å²) < 4.78 is 6.99. The summed E-state index contributed by atoms with van der Waals surface area (Å²) in [6, 6.07) is 17.9. The summed E-state index contributed by atoms with van der Waals surface area (Å²) in [6.07, 6.45) is 0. The van der Waals surface area contributed by atoms with Crippen LogP contribution in [0.4, 0.5) is 10.8 Å². The normalized spacial score (nSPS) is 10.8. The Bertz CT molecular complexity index is 1020. The summed E-state index contributed by atoms with van der Waals surface area (Å²) in [6.45, 7) is 0.608. The van der Waals surface area contributed by atoms with E-state index in [1.165, 1.54) is 0 Å². The molecule has 0 amide bonds. The average Bonchev–Trinajstić information content (AvgIpc) is 3.37. The zero-order valence-electron chi connectivity index (χ0n) is 15.1. The fraction of sp³-hybridized carbons (Fsp3) is 0.158. The van der Waals surface area contributed by atoms with Crippen LogP contribution >= 0.6 is 23.1 Å². The SMILES string of the molecule is COc1ccc(Cn2nnnc2SCc2csc(Nc3ccccc3)n2)cc1. The molecule has 0 unspecified atom stereocenters. The lowest BCUT2D eigenvalue weighted by Crippen LogP contribution is -2.04. The van der Waals surface area contributed by atoms with Crippen molar-refractivity contribution >= 4 is 33.9 Å². The molecule has 0 fully saturated rings. The van der Waals surface area contributed by atoms with Crippen molar-refractivity contribution < 1.29 is 4.74 Å². The maximum Gasteiger partial charge on any atom is 0.210 e. The summed E-state index contributed by atoms with van der Waals surface area (Å²) in [5.74, 6) is 1.54. The Morgan fingerprint density at radius 1 is 1.11 bits per heavy atom. The van der Waals surface area contributed by atoms with Crippen LogP contribution < -0.4 is 10.1 Å². The van der Waals surface area contributed by atoms with Crippen molar-refractivity contribution in [3.63, 3.8) is 0 Å². The number of anilines is 2. The number of hydrogen-bond donors (Lipinski definition) is 1. The van der Waals surface area contributed by atoms with Crippen molar-refractivity contribution in [3.05, 3.63) is 71.2 Å². The highest BCUT2D eigenvalue weighted by Crippen LogP contribution is 2.25. The first-order chi connectivity index (χ1) is 13.8. The summed E-state index contributed by atoms with van der Waals surface area (Å²) in [4.78, 5) is 4.63. The van der Waals surface area contributed by atoms with Gasteiger partial charge in [-0.15, -0.1) is 16.4 Å². The molecule has 4 rings (SSSR count). The standard InChI is InChI=1S/C19H18N6OS2/c1-26-17-9-7-14(8-10-17)11-25-19(22-23-24-25)28-13-16-12-27-18(21-16)20-15-5-3-2-4-6-15/h2-10,12H,11,13H2,1H3,(H,20,21). The number of hydrogen-bond acceptors (Lipinski definition) is 8. The van der Waals surface area contributed by atoms with E-state index in [0.717, 1.165) is 33.0 Å². The molecule has 2 heterocycles. The molecule has 0 saturated carbocycles. The van der Waals surface area contributed by atoms with E-state index in [9.17, 15) is 0 Å². The van der Waals surface area contributed by atoms with Crippen molar-refractivity contribution in [2.45, 2.75) is 17.5 Å². The van der Waals surface area contributed by atoms with Gasteiger partial charge in [0.2, 0.25) is 5.16 Å². The third-order valence-corrected chi connectivity index (χ3v) is 5.71. The molecule has 0 saturated heterocycles. The van der Waals surface area contributed by atoms with E-state index >= 15 is 0 Å². The Labute approximate surface area is 170 Å². The van der Waals surface area contributed by atoms with Gasteiger partial charge in [-0.25, -0.2) is 9.67 Å². The van der Waals surface area contributed by atoms with E-state index in [4.69, 9.17) is 4.74 Å². The van der Waals surface area contributed by atoms with Crippen LogP contribution in [0.2, 0.25) is 0 Å². The van der Waals surface area contributed by atoms with E-state index in [1.54, 1.807) is 34.9 Å². The molecule has 0 atom stereocenters. The summed E-state index contributed by atoms with van der Waals surface area (Å²) in [5.41, 5.74) is 3.13. The average molecular weight is 411 g/mol. The predicted octanol–water partition coefficient (Wildman–Crippen LogP) is 4.22. The number of thioether (sulfide) groups is 1. The Hall–Kier alpha value is -2.91. The molecule has 2 aromatic carbocycles. The van der Waals surface area contributed by atoms with Crippen LogP contribution in [0, 0.1) is 0 Å². The van der Waals surface area contributed by atoms with Gasteiger partial charge in [-0.2, -0.15) is 0 Å². The van der Waals surface area contributed by atoms with Crippen LogP contribution in [0.25, 0.3) is 0 Å². The van der Waals surface area contributed by atoms with Crippen molar-refractivity contribution in [1.29, 1.82) is 0 Å². The predicted molar refractivity (Wildman–Crippen MR) is 111 cm³/mol. The van der Waals surface area contributed by atoms with Gasteiger partial charge < -0.3 is 10.1 Å². The number of tetrazole rings is 1. The fourth-order valence-corrected chi connectivity index (χ4v) is 4.12. The van der Waals surface area contributed by atoms with Gasteiger partial charge in [-0.05, 0) is 40.3 Å². The molecule has 28 heavy (non-hydrogen) atoms. The van der Waals surface area contributed by atoms with Gasteiger partial charge in [-0.1, -0.05) is 42.1 Å². The molecule has 0 aliphatic heterocycles. The molecule has 7 nitrogen and oxygen atoms in total. The lowest BCUT2D eigenvalue weighted by molar-refractivity contribution is 0.414. The first-order valence-electron chi connectivity index (χ1n) is 8.58. The van der Waals surface area contributed by atoms with Crippen molar-refractivity contribution in [2.24, 2.45) is 0 Å². The Balaban J connectivity index is 1.36. The Morgan fingerprint density at radius 2 is 1.93 bits per heavy atom. The van der Waals surface area contributed by atoms with Crippen LogP contribution in [0.3, 0.4) is 0 Å². The number of aromatic nitrogens is 5. The molecule has 0 aliphatic carbocycles. The van der Waals surface area contributed by atoms with Gasteiger partial charge in [0, 0.05) is 16.8 Å². The lowest BCUT2D eigenvalue weighted by atomic mass is 10.2. The van der Waals surface area contributed by atoms with Gasteiger partial charge in [0.05, 0.1) is 19.3 Å². The van der Waals surface area contributed by atoms with Gasteiger partial charge in [0.1, 0.15) is 5.75 Å². The van der Waals surface area contributed by atoms with E-state index in [-0.39, 0.29) is 0 Å². The minimum atomic E-state index is 0.608. The highest BCUT2D eigenvalue weighted by Gasteiger charge is 2.10. The van der Waals surface area contributed by atoms with Crippen molar-refractivity contribution in [3.8, 4) is 5.75 Å². The largest absolute Gasteiger partial charge is 0.497 e. The smallest absolute Gasteiger partial charge is 0.210 e. The van der Waals surface area contributed by atoms with E-state index in [2.05, 4.69) is 31.2 Å². The third kappa shape index (κ3) is 4.68. The zero-order chi connectivity index (χ0) is 19.2. The number of methoxy groups -OCH3 is 1. The molecule has 2 aromatic heterocycles. The summed E-state index contributed by atoms with van der Waals surface area (Å²) in [5, 5.41) is 19.1. The monoisotopic (exact) mass is 410 g/mol. The highest BCUT2D eigenvalue weighted by atomic mass is 32.2. The molecule has 1 N–H and O–H groups in total. The molecule has 4 aromatic rings. The number of nitrogens with one attached hydrogen (secondary N) is 1. The Morgan fingerprint density at radius 3 is 2.71 bits per heavy atom. The molecular weight excluding hydrogens is 392 g/mol. The summed E-state index contributed by atoms with van der Waals surface area (Å²) in [7, 11) is 1.66. The zero-order valence-corrected chi connectivity index (χ0v) is 16.8. The number of benzene rings is 2. The van der Waals surface area contributed by atoms with Crippen LogP contribution in [0.1, 0.15) is 11.3 Å². The number of ether oxygens (including phenoxy) is 1. The molecule has 0 aliphatic rings.